The zero-order valence-corrected chi connectivity index (χ0v) is 14.7. The molecule has 3 rings (SSSR count). The summed E-state index contributed by atoms with van der Waals surface area (Å²) in [6.45, 7) is 2.54. The highest BCUT2D eigenvalue weighted by atomic mass is 35.5. The van der Waals surface area contributed by atoms with Crippen LogP contribution in [0.1, 0.15) is 36.0 Å². The number of ether oxygens (including phenoxy) is 1. The second-order valence-electron chi connectivity index (χ2n) is 6.44. The second kappa shape index (κ2) is 7.43. The van der Waals surface area contributed by atoms with E-state index in [2.05, 4.69) is 0 Å². The van der Waals surface area contributed by atoms with Crippen LogP contribution in [0.4, 0.5) is 0 Å². The van der Waals surface area contributed by atoms with Crippen molar-refractivity contribution in [3.05, 3.63) is 28.8 Å². The summed E-state index contributed by atoms with van der Waals surface area (Å²) in [5.74, 6) is 1.02. The van der Waals surface area contributed by atoms with Gasteiger partial charge in [-0.25, -0.2) is 0 Å². The lowest BCUT2D eigenvalue weighted by molar-refractivity contribution is -0.138. The number of methoxy groups -OCH3 is 1. The predicted molar refractivity (Wildman–Crippen MR) is 92.4 cm³/mol. The molecule has 2 fully saturated rings. The molecule has 0 bridgehead atoms. The molecule has 1 aromatic carbocycles. The van der Waals surface area contributed by atoms with E-state index in [9.17, 15) is 9.59 Å². The number of hydrogen-bond donors (Lipinski definition) is 0. The number of carbonyl (C=O) groups excluding carboxylic acids is 2. The molecule has 0 N–H and O–H groups in total. The van der Waals surface area contributed by atoms with Crippen molar-refractivity contribution < 1.29 is 14.3 Å². The van der Waals surface area contributed by atoms with Crippen LogP contribution >= 0.6 is 11.6 Å². The van der Waals surface area contributed by atoms with Gasteiger partial charge < -0.3 is 14.5 Å². The molecule has 0 spiro atoms. The molecular weight excluding hydrogens is 328 g/mol. The molecule has 1 saturated heterocycles. The summed E-state index contributed by atoms with van der Waals surface area (Å²) in [4.78, 5) is 28.9. The summed E-state index contributed by atoms with van der Waals surface area (Å²) < 4.78 is 5.12. The number of amides is 2. The Morgan fingerprint density at radius 3 is 2.42 bits per heavy atom. The molecule has 0 atom stereocenters. The smallest absolute Gasteiger partial charge is 0.255 e. The predicted octanol–water partition coefficient (Wildman–Crippen LogP) is 2.82. The van der Waals surface area contributed by atoms with Gasteiger partial charge in [0.05, 0.1) is 17.7 Å². The minimum atomic E-state index is -0.0828. The number of carbonyl (C=O) groups is 2. The molecular formula is C18H23ClN2O3. The van der Waals surface area contributed by atoms with Crippen molar-refractivity contribution >= 4 is 23.4 Å². The Labute approximate surface area is 147 Å². The molecule has 5 nitrogen and oxygen atoms in total. The van der Waals surface area contributed by atoms with Crippen molar-refractivity contribution in [2.45, 2.75) is 25.7 Å². The van der Waals surface area contributed by atoms with Crippen molar-refractivity contribution in [2.24, 2.45) is 5.92 Å². The summed E-state index contributed by atoms with van der Waals surface area (Å²) in [6.07, 6.45) is 3.99. The van der Waals surface area contributed by atoms with Gasteiger partial charge in [-0.2, -0.15) is 0 Å². The van der Waals surface area contributed by atoms with Crippen molar-refractivity contribution in [3.63, 3.8) is 0 Å². The molecule has 0 radical (unpaired) electrons. The topological polar surface area (TPSA) is 49.9 Å². The van der Waals surface area contributed by atoms with E-state index in [0.717, 1.165) is 32.2 Å². The summed E-state index contributed by atoms with van der Waals surface area (Å²) in [5.41, 5.74) is 0.483. The van der Waals surface area contributed by atoms with Crippen LogP contribution in [-0.2, 0) is 4.79 Å². The van der Waals surface area contributed by atoms with E-state index in [1.807, 2.05) is 4.90 Å². The normalized spacial score (nSPS) is 18.8. The largest absolute Gasteiger partial charge is 0.497 e. The van der Waals surface area contributed by atoms with Crippen LogP contribution in [0.5, 0.6) is 5.75 Å². The highest BCUT2D eigenvalue weighted by Crippen LogP contribution is 2.29. The highest BCUT2D eigenvalue weighted by Gasteiger charge is 2.31. The summed E-state index contributed by atoms with van der Waals surface area (Å²) in [6, 6.07) is 5.09. The average molecular weight is 351 g/mol. The second-order valence-corrected chi connectivity index (χ2v) is 6.85. The Morgan fingerprint density at radius 2 is 1.79 bits per heavy atom. The fourth-order valence-electron chi connectivity index (χ4n) is 3.22. The van der Waals surface area contributed by atoms with E-state index in [-0.39, 0.29) is 17.7 Å². The van der Waals surface area contributed by atoms with E-state index in [4.69, 9.17) is 16.3 Å². The summed E-state index contributed by atoms with van der Waals surface area (Å²) in [5, 5.41) is 0.394. The van der Waals surface area contributed by atoms with Crippen LogP contribution in [0.3, 0.4) is 0 Å². The summed E-state index contributed by atoms with van der Waals surface area (Å²) in [7, 11) is 1.57. The van der Waals surface area contributed by atoms with Crippen LogP contribution < -0.4 is 4.74 Å². The van der Waals surface area contributed by atoms with Gasteiger partial charge >= 0.3 is 0 Å². The standard InChI is InChI=1S/C18H23ClN2O3/c1-24-14-6-7-15(16(19)12-14)18(23)21-9-3-8-20(10-11-21)17(22)13-4-2-5-13/h6-7,12-13H,2-5,8-11H2,1H3. The molecule has 1 saturated carbocycles. The van der Waals surface area contributed by atoms with E-state index in [1.165, 1.54) is 0 Å². The average Bonchev–Trinajstić information content (AvgIpc) is 2.78. The van der Waals surface area contributed by atoms with Crippen LogP contribution in [-0.4, -0.2) is 54.9 Å². The van der Waals surface area contributed by atoms with Crippen LogP contribution in [0, 0.1) is 5.92 Å². The number of benzene rings is 1. The molecule has 130 valence electrons. The van der Waals surface area contributed by atoms with E-state index >= 15 is 0 Å². The minimum absolute atomic E-state index is 0.0828. The maximum Gasteiger partial charge on any atom is 0.255 e. The molecule has 0 aromatic heterocycles. The lowest BCUT2D eigenvalue weighted by Crippen LogP contribution is -2.41. The van der Waals surface area contributed by atoms with E-state index in [1.54, 1.807) is 30.2 Å². The zero-order valence-electron chi connectivity index (χ0n) is 14.0. The van der Waals surface area contributed by atoms with Gasteiger partial charge in [0.25, 0.3) is 5.91 Å². The highest BCUT2D eigenvalue weighted by molar-refractivity contribution is 6.34. The molecule has 2 amide bonds. The zero-order chi connectivity index (χ0) is 17.1. The molecule has 0 unspecified atom stereocenters. The first kappa shape index (κ1) is 17.1. The number of halogens is 1. The Kier molecular flexibility index (Phi) is 5.29. The van der Waals surface area contributed by atoms with Gasteiger partial charge in [-0.05, 0) is 37.5 Å². The first-order valence-corrected chi connectivity index (χ1v) is 8.89. The van der Waals surface area contributed by atoms with Crippen molar-refractivity contribution in [2.75, 3.05) is 33.3 Å². The molecule has 24 heavy (non-hydrogen) atoms. The number of rotatable bonds is 3. The Morgan fingerprint density at radius 1 is 1.08 bits per heavy atom. The van der Waals surface area contributed by atoms with E-state index < -0.39 is 0 Å². The fraction of sp³-hybridized carbons (Fsp3) is 0.556. The van der Waals surface area contributed by atoms with Crippen LogP contribution in [0.25, 0.3) is 0 Å². The SMILES string of the molecule is COc1ccc(C(=O)N2CCCN(C(=O)C3CCC3)CC2)c(Cl)c1. The van der Waals surface area contributed by atoms with Crippen molar-refractivity contribution in [3.8, 4) is 5.75 Å². The summed E-state index contributed by atoms with van der Waals surface area (Å²) >= 11 is 6.22. The Hall–Kier alpha value is -1.75. The molecule has 1 aromatic rings. The van der Waals surface area contributed by atoms with Gasteiger partial charge in [0.15, 0.2) is 0 Å². The van der Waals surface area contributed by atoms with E-state index in [0.29, 0.717) is 36.0 Å². The van der Waals surface area contributed by atoms with Gasteiger partial charge in [0.1, 0.15) is 5.75 Å². The monoisotopic (exact) mass is 350 g/mol. The Balaban J connectivity index is 1.65. The van der Waals surface area contributed by atoms with Crippen LogP contribution in [0.15, 0.2) is 18.2 Å². The third-order valence-electron chi connectivity index (χ3n) is 4.96. The van der Waals surface area contributed by atoms with Gasteiger partial charge in [-0.1, -0.05) is 18.0 Å². The molecule has 1 heterocycles. The third-order valence-corrected chi connectivity index (χ3v) is 5.27. The first-order valence-electron chi connectivity index (χ1n) is 8.51. The van der Waals surface area contributed by atoms with Gasteiger partial charge in [0.2, 0.25) is 5.91 Å². The number of nitrogens with zero attached hydrogens (tertiary/aromatic N) is 2. The Bertz CT molecular complexity index is 631. The fourth-order valence-corrected chi connectivity index (χ4v) is 3.47. The lowest BCUT2D eigenvalue weighted by Gasteiger charge is -2.31. The lowest BCUT2D eigenvalue weighted by atomic mass is 9.84. The number of hydrogen-bond acceptors (Lipinski definition) is 3. The van der Waals surface area contributed by atoms with Crippen molar-refractivity contribution in [1.82, 2.24) is 9.80 Å². The van der Waals surface area contributed by atoms with Gasteiger partial charge in [-0.3, -0.25) is 9.59 Å². The third kappa shape index (κ3) is 3.51. The molecule has 6 heteroatoms. The quantitative estimate of drug-likeness (QED) is 0.842. The minimum Gasteiger partial charge on any atom is -0.497 e. The van der Waals surface area contributed by atoms with Gasteiger partial charge in [-0.15, -0.1) is 0 Å². The molecule has 1 aliphatic carbocycles. The van der Waals surface area contributed by atoms with Gasteiger partial charge in [0, 0.05) is 32.1 Å². The maximum atomic E-state index is 12.7. The van der Waals surface area contributed by atoms with Crippen LogP contribution in [0.2, 0.25) is 5.02 Å². The molecule has 1 aliphatic heterocycles. The first-order chi connectivity index (χ1) is 11.6. The maximum absolute atomic E-state index is 12.7. The van der Waals surface area contributed by atoms with Crippen molar-refractivity contribution in [1.29, 1.82) is 0 Å². The molecule has 2 aliphatic rings.